The number of carbonyl (C=O) groups excluding carboxylic acids is 1. The molecule has 0 saturated carbocycles. The van der Waals surface area contributed by atoms with Crippen LogP contribution in [0.4, 0.5) is 5.69 Å². The van der Waals surface area contributed by atoms with Crippen LogP contribution >= 0.6 is 0 Å². The van der Waals surface area contributed by atoms with E-state index in [1.807, 2.05) is 42.1 Å². The molecule has 0 amide bonds. The summed E-state index contributed by atoms with van der Waals surface area (Å²) in [5.74, 6) is 0.111. The van der Waals surface area contributed by atoms with Crippen molar-refractivity contribution < 1.29 is 4.79 Å². The van der Waals surface area contributed by atoms with Gasteiger partial charge in [-0.15, -0.1) is 0 Å². The van der Waals surface area contributed by atoms with Crippen molar-refractivity contribution in [3.05, 3.63) is 60.6 Å². The number of aryl methyl sites for hydroxylation is 1. The summed E-state index contributed by atoms with van der Waals surface area (Å²) in [5, 5.41) is 0. The molecule has 7 nitrogen and oxygen atoms in total. The van der Waals surface area contributed by atoms with Gasteiger partial charge in [-0.2, -0.15) is 0 Å². The van der Waals surface area contributed by atoms with E-state index in [-0.39, 0.29) is 5.78 Å². The van der Waals surface area contributed by atoms with Crippen molar-refractivity contribution in [1.29, 1.82) is 0 Å². The van der Waals surface area contributed by atoms with Crippen molar-refractivity contribution in [3.63, 3.8) is 0 Å². The molecule has 0 bridgehead atoms. The fourth-order valence-corrected chi connectivity index (χ4v) is 3.54. The first-order chi connectivity index (χ1) is 14.1. The summed E-state index contributed by atoms with van der Waals surface area (Å²) < 4.78 is 1.83. The summed E-state index contributed by atoms with van der Waals surface area (Å²) in [4.78, 5) is 30.3. The highest BCUT2D eigenvalue weighted by atomic mass is 16.1. The molecule has 0 unspecified atom stereocenters. The standard InChI is InChI=1S/C22H26N6O/c1-17-11-18(5-6-23-17)22-15-27(16-25-22)14-21(29)12-19-3-4-20(13-24-19)28-9-7-26(2)8-10-28/h3-6,11,13,15-16H,7-10,12,14H2,1-2H3. The van der Waals surface area contributed by atoms with Gasteiger partial charge in [0.2, 0.25) is 0 Å². The highest BCUT2D eigenvalue weighted by Gasteiger charge is 2.15. The third kappa shape index (κ3) is 4.86. The van der Waals surface area contributed by atoms with E-state index in [0.717, 1.165) is 54.5 Å². The van der Waals surface area contributed by atoms with Gasteiger partial charge in [0, 0.05) is 55.5 Å². The molecule has 0 atom stereocenters. The minimum Gasteiger partial charge on any atom is -0.368 e. The highest BCUT2D eigenvalue weighted by Crippen LogP contribution is 2.18. The number of nitrogens with zero attached hydrogens (tertiary/aromatic N) is 6. The lowest BCUT2D eigenvalue weighted by Crippen LogP contribution is -2.44. The van der Waals surface area contributed by atoms with Crippen LogP contribution in [-0.4, -0.2) is 63.4 Å². The molecule has 3 aromatic heterocycles. The summed E-state index contributed by atoms with van der Waals surface area (Å²) in [5.41, 5.74) is 4.72. The Balaban J connectivity index is 1.34. The smallest absolute Gasteiger partial charge is 0.158 e. The maximum absolute atomic E-state index is 12.5. The summed E-state index contributed by atoms with van der Waals surface area (Å²) in [6, 6.07) is 7.94. The van der Waals surface area contributed by atoms with Gasteiger partial charge < -0.3 is 14.4 Å². The molecule has 3 aromatic rings. The molecule has 1 aliphatic heterocycles. The molecular weight excluding hydrogens is 364 g/mol. The fourth-order valence-electron chi connectivity index (χ4n) is 3.54. The van der Waals surface area contributed by atoms with Crippen LogP contribution in [0.3, 0.4) is 0 Å². The van der Waals surface area contributed by atoms with Crippen LogP contribution in [0.15, 0.2) is 49.2 Å². The van der Waals surface area contributed by atoms with E-state index in [4.69, 9.17) is 0 Å². The zero-order valence-corrected chi connectivity index (χ0v) is 17.0. The Morgan fingerprint density at radius 2 is 1.90 bits per heavy atom. The molecule has 0 aliphatic carbocycles. The maximum Gasteiger partial charge on any atom is 0.158 e. The summed E-state index contributed by atoms with van der Waals surface area (Å²) in [6.07, 6.45) is 7.58. The van der Waals surface area contributed by atoms with Crippen molar-refractivity contribution >= 4 is 11.5 Å². The van der Waals surface area contributed by atoms with Crippen LogP contribution in [0.25, 0.3) is 11.3 Å². The first-order valence-corrected chi connectivity index (χ1v) is 9.92. The quantitative estimate of drug-likeness (QED) is 0.643. The molecule has 0 spiro atoms. The van der Waals surface area contributed by atoms with Gasteiger partial charge in [0.25, 0.3) is 0 Å². The number of ketones is 1. The Bertz CT molecular complexity index is 973. The lowest BCUT2D eigenvalue weighted by atomic mass is 10.2. The van der Waals surface area contributed by atoms with E-state index < -0.39 is 0 Å². The molecule has 0 aromatic carbocycles. The number of anilines is 1. The van der Waals surface area contributed by atoms with Crippen molar-refractivity contribution in [3.8, 4) is 11.3 Å². The largest absolute Gasteiger partial charge is 0.368 e. The molecule has 0 radical (unpaired) electrons. The van der Waals surface area contributed by atoms with E-state index in [0.29, 0.717) is 13.0 Å². The second-order valence-electron chi connectivity index (χ2n) is 7.63. The van der Waals surface area contributed by atoms with Crippen molar-refractivity contribution in [2.75, 3.05) is 38.1 Å². The van der Waals surface area contributed by atoms with Gasteiger partial charge in [0.15, 0.2) is 5.78 Å². The third-order valence-electron chi connectivity index (χ3n) is 5.24. The molecule has 0 N–H and O–H groups in total. The molecule has 4 rings (SSSR count). The van der Waals surface area contributed by atoms with Crippen molar-refractivity contribution in [2.24, 2.45) is 0 Å². The van der Waals surface area contributed by atoms with Crippen LogP contribution in [0.2, 0.25) is 0 Å². The molecule has 1 saturated heterocycles. The van der Waals surface area contributed by atoms with Gasteiger partial charge in [0.05, 0.1) is 36.9 Å². The third-order valence-corrected chi connectivity index (χ3v) is 5.24. The zero-order valence-electron chi connectivity index (χ0n) is 17.0. The van der Waals surface area contributed by atoms with E-state index in [2.05, 4.69) is 37.9 Å². The topological polar surface area (TPSA) is 67.2 Å². The number of pyridine rings is 2. The summed E-state index contributed by atoms with van der Waals surface area (Å²) >= 11 is 0. The number of rotatable bonds is 6. The van der Waals surface area contributed by atoms with Crippen molar-refractivity contribution in [1.82, 2.24) is 24.4 Å². The van der Waals surface area contributed by atoms with Crippen LogP contribution in [-0.2, 0) is 17.8 Å². The predicted octanol–water partition coefficient (Wildman–Crippen LogP) is 2.21. The SMILES string of the molecule is Cc1cc(-c2cn(CC(=O)Cc3ccc(N4CCN(C)CC4)cn3)cn2)ccn1. The van der Waals surface area contributed by atoms with Gasteiger partial charge in [-0.05, 0) is 38.2 Å². The van der Waals surface area contributed by atoms with E-state index >= 15 is 0 Å². The normalized spacial score (nSPS) is 14.9. The fraction of sp³-hybridized carbons (Fsp3) is 0.364. The average molecular weight is 390 g/mol. The first-order valence-electron chi connectivity index (χ1n) is 9.92. The number of carbonyl (C=O) groups is 1. The zero-order chi connectivity index (χ0) is 20.2. The number of likely N-dealkylation sites (N-methyl/N-ethyl adjacent to an activating group) is 1. The number of piperazine rings is 1. The lowest BCUT2D eigenvalue weighted by molar-refractivity contribution is -0.119. The van der Waals surface area contributed by atoms with E-state index in [1.165, 1.54) is 0 Å². The number of Topliss-reactive ketones (excluding diaryl/α,β-unsaturated/α-hetero) is 1. The molecule has 1 aliphatic rings. The molecule has 29 heavy (non-hydrogen) atoms. The Labute approximate surface area is 171 Å². The lowest BCUT2D eigenvalue weighted by Gasteiger charge is -2.33. The monoisotopic (exact) mass is 390 g/mol. The Hall–Kier alpha value is -3.06. The highest BCUT2D eigenvalue weighted by molar-refractivity contribution is 5.80. The predicted molar refractivity (Wildman–Crippen MR) is 113 cm³/mol. The molecule has 7 heteroatoms. The Morgan fingerprint density at radius 1 is 1.07 bits per heavy atom. The molecule has 1 fully saturated rings. The van der Waals surface area contributed by atoms with E-state index in [9.17, 15) is 4.79 Å². The molecule has 150 valence electrons. The van der Waals surface area contributed by atoms with Gasteiger partial charge in [0.1, 0.15) is 0 Å². The van der Waals surface area contributed by atoms with Crippen molar-refractivity contribution in [2.45, 2.75) is 19.9 Å². The van der Waals surface area contributed by atoms with Gasteiger partial charge in [-0.1, -0.05) is 0 Å². The van der Waals surface area contributed by atoms with Gasteiger partial charge in [-0.25, -0.2) is 4.98 Å². The average Bonchev–Trinajstić information content (AvgIpc) is 3.18. The van der Waals surface area contributed by atoms with Gasteiger partial charge >= 0.3 is 0 Å². The van der Waals surface area contributed by atoms with Gasteiger partial charge in [-0.3, -0.25) is 14.8 Å². The minimum atomic E-state index is 0.111. The molecule has 4 heterocycles. The number of hydrogen-bond acceptors (Lipinski definition) is 6. The minimum absolute atomic E-state index is 0.111. The van der Waals surface area contributed by atoms with Crippen LogP contribution in [0.1, 0.15) is 11.4 Å². The van der Waals surface area contributed by atoms with Crippen LogP contribution in [0.5, 0.6) is 0 Å². The van der Waals surface area contributed by atoms with Crippen LogP contribution in [0, 0.1) is 6.92 Å². The second-order valence-corrected chi connectivity index (χ2v) is 7.63. The molecular formula is C22H26N6O. The van der Waals surface area contributed by atoms with Crippen LogP contribution < -0.4 is 4.90 Å². The maximum atomic E-state index is 12.5. The Kier molecular flexibility index (Phi) is 5.67. The number of imidazole rings is 1. The first kappa shape index (κ1) is 19.3. The number of aromatic nitrogens is 4. The van der Waals surface area contributed by atoms with E-state index in [1.54, 1.807) is 12.5 Å². The summed E-state index contributed by atoms with van der Waals surface area (Å²) in [6.45, 7) is 6.39. The summed E-state index contributed by atoms with van der Waals surface area (Å²) in [7, 11) is 2.14. The number of hydrogen-bond donors (Lipinski definition) is 0. The second kappa shape index (κ2) is 8.53. The Morgan fingerprint density at radius 3 is 2.62 bits per heavy atom.